The Morgan fingerprint density at radius 3 is 2.74 bits per heavy atom. The molecule has 4 rings (SSSR count). The van der Waals surface area contributed by atoms with Gasteiger partial charge < -0.3 is 4.57 Å². The maximum atomic E-state index is 12.4. The standard InChI is InChI=1S/C20H19N5OS/c1-11-6-5-7-17(13(11)3)24-12(2)8-15(14(24)4)9-16-18(21)25-20(23-19(16)26)27-10-22-25/h5-10,21H,1-4H3/b16-9+,21-18?. The summed E-state index contributed by atoms with van der Waals surface area (Å²) >= 11 is 1.24. The number of amides is 1. The van der Waals surface area contributed by atoms with E-state index in [1.807, 2.05) is 26.0 Å². The molecule has 1 N–H and O–H groups in total. The molecule has 0 fully saturated rings. The van der Waals surface area contributed by atoms with Gasteiger partial charge in [0.25, 0.3) is 5.91 Å². The Morgan fingerprint density at radius 2 is 1.96 bits per heavy atom. The molecule has 1 aromatic carbocycles. The number of amidine groups is 2. The molecule has 0 spiro atoms. The largest absolute Gasteiger partial charge is 0.318 e. The number of hydrogen-bond acceptors (Lipinski definition) is 4. The first-order valence-corrected chi connectivity index (χ1v) is 9.45. The summed E-state index contributed by atoms with van der Waals surface area (Å²) in [5.41, 5.74) is 8.39. The number of nitrogens with one attached hydrogen (secondary N) is 1. The number of carbonyl (C=O) groups is 1. The molecule has 0 atom stereocenters. The molecule has 6 nitrogen and oxygen atoms in total. The van der Waals surface area contributed by atoms with E-state index in [0.717, 1.165) is 22.6 Å². The minimum Gasteiger partial charge on any atom is -0.318 e. The lowest BCUT2D eigenvalue weighted by Gasteiger charge is -2.20. The SMILES string of the molecule is Cc1cccc(-n2c(C)cc(/C=C3\C(=N)N4N=CSC4=NC3=O)c2C)c1C. The van der Waals surface area contributed by atoms with Gasteiger partial charge in [0.1, 0.15) is 0 Å². The number of rotatable bonds is 2. The van der Waals surface area contributed by atoms with Gasteiger partial charge in [-0.25, -0.2) is 0 Å². The Hall–Kier alpha value is -2.93. The van der Waals surface area contributed by atoms with Gasteiger partial charge in [0.05, 0.1) is 11.1 Å². The Kier molecular flexibility index (Phi) is 4.11. The van der Waals surface area contributed by atoms with E-state index in [1.54, 1.807) is 11.6 Å². The van der Waals surface area contributed by atoms with Crippen LogP contribution in [0.25, 0.3) is 11.8 Å². The monoisotopic (exact) mass is 377 g/mol. The molecular formula is C20H19N5OS. The predicted molar refractivity (Wildman–Crippen MR) is 111 cm³/mol. The van der Waals surface area contributed by atoms with E-state index < -0.39 is 5.91 Å². The molecule has 27 heavy (non-hydrogen) atoms. The maximum absolute atomic E-state index is 12.4. The van der Waals surface area contributed by atoms with Crippen molar-refractivity contribution in [3.05, 3.63) is 57.9 Å². The second kappa shape index (κ2) is 6.35. The van der Waals surface area contributed by atoms with E-state index in [9.17, 15) is 4.79 Å². The highest BCUT2D eigenvalue weighted by atomic mass is 32.2. The minimum atomic E-state index is -0.402. The van der Waals surface area contributed by atoms with Gasteiger partial charge in [-0.3, -0.25) is 10.2 Å². The van der Waals surface area contributed by atoms with Crippen molar-refractivity contribution in [2.75, 3.05) is 0 Å². The molecule has 0 saturated carbocycles. The molecule has 7 heteroatoms. The van der Waals surface area contributed by atoms with Crippen LogP contribution in [0, 0.1) is 33.1 Å². The number of aliphatic imine (C=N–C) groups is 1. The first-order valence-electron chi connectivity index (χ1n) is 8.57. The molecule has 2 aliphatic rings. The third-order valence-corrected chi connectivity index (χ3v) is 5.66. The smallest absolute Gasteiger partial charge is 0.283 e. The summed E-state index contributed by atoms with van der Waals surface area (Å²) in [5.74, 6) is -0.344. The normalized spacial score (nSPS) is 17.7. The van der Waals surface area contributed by atoms with Crippen LogP contribution in [0.1, 0.15) is 28.1 Å². The maximum Gasteiger partial charge on any atom is 0.283 e. The van der Waals surface area contributed by atoms with Crippen molar-refractivity contribution in [1.82, 2.24) is 9.58 Å². The minimum absolute atomic E-state index is 0.0581. The third kappa shape index (κ3) is 2.75. The van der Waals surface area contributed by atoms with Crippen LogP contribution in [0.4, 0.5) is 0 Å². The van der Waals surface area contributed by atoms with Crippen LogP contribution in [0.15, 0.2) is 39.9 Å². The summed E-state index contributed by atoms with van der Waals surface area (Å²) < 4.78 is 2.18. The van der Waals surface area contributed by atoms with Gasteiger partial charge in [-0.1, -0.05) is 12.1 Å². The van der Waals surface area contributed by atoms with Crippen molar-refractivity contribution in [1.29, 1.82) is 5.41 Å². The zero-order valence-corrected chi connectivity index (χ0v) is 16.4. The molecule has 3 heterocycles. The first kappa shape index (κ1) is 17.5. The highest BCUT2D eigenvalue weighted by Crippen LogP contribution is 2.29. The lowest BCUT2D eigenvalue weighted by molar-refractivity contribution is -0.114. The van der Waals surface area contributed by atoms with Crippen LogP contribution in [-0.2, 0) is 4.79 Å². The van der Waals surface area contributed by atoms with Crippen LogP contribution in [0.5, 0.6) is 0 Å². The quantitative estimate of drug-likeness (QED) is 0.805. The van der Waals surface area contributed by atoms with Crippen LogP contribution < -0.4 is 0 Å². The van der Waals surface area contributed by atoms with E-state index in [4.69, 9.17) is 5.41 Å². The topological polar surface area (TPSA) is 73.8 Å². The molecule has 0 bridgehead atoms. The van der Waals surface area contributed by atoms with E-state index >= 15 is 0 Å². The van der Waals surface area contributed by atoms with Crippen molar-refractivity contribution in [2.45, 2.75) is 27.7 Å². The molecule has 0 aliphatic carbocycles. The number of nitrogens with zero attached hydrogens (tertiary/aromatic N) is 4. The summed E-state index contributed by atoms with van der Waals surface area (Å²) in [5, 5.41) is 14.3. The number of hydrogen-bond donors (Lipinski definition) is 1. The summed E-state index contributed by atoms with van der Waals surface area (Å²) in [6, 6.07) is 8.28. The van der Waals surface area contributed by atoms with Crippen LogP contribution in [0.2, 0.25) is 0 Å². The molecule has 2 aromatic rings. The molecule has 2 aliphatic heterocycles. The van der Waals surface area contributed by atoms with Gasteiger partial charge in [0.15, 0.2) is 11.0 Å². The molecule has 1 aromatic heterocycles. The second-order valence-electron chi connectivity index (χ2n) is 6.64. The van der Waals surface area contributed by atoms with E-state index in [2.05, 4.69) is 40.6 Å². The zero-order chi connectivity index (χ0) is 19.3. The summed E-state index contributed by atoms with van der Waals surface area (Å²) in [7, 11) is 0. The predicted octanol–water partition coefficient (Wildman–Crippen LogP) is 3.96. The molecule has 136 valence electrons. The highest BCUT2D eigenvalue weighted by Gasteiger charge is 2.32. The van der Waals surface area contributed by atoms with Gasteiger partial charge in [0, 0.05) is 17.1 Å². The average molecular weight is 377 g/mol. The van der Waals surface area contributed by atoms with Gasteiger partial charge in [-0.2, -0.15) is 15.1 Å². The van der Waals surface area contributed by atoms with Gasteiger partial charge in [0.2, 0.25) is 0 Å². The van der Waals surface area contributed by atoms with Crippen molar-refractivity contribution in [2.24, 2.45) is 10.1 Å². The zero-order valence-electron chi connectivity index (χ0n) is 15.6. The van der Waals surface area contributed by atoms with E-state index in [0.29, 0.717) is 5.17 Å². The fourth-order valence-electron chi connectivity index (χ4n) is 3.37. The fourth-order valence-corrected chi connectivity index (χ4v) is 3.98. The van der Waals surface area contributed by atoms with Crippen molar-refractivity contribution in [3.63, 3.8) is 0 Å². The molecule has 0 unspecified atom stereocenters. The van der Waals surface area contributed by atoms with Crippen LogP contribution in [0.3, 0.4) is 0 Å². The van der Waals surface area contributed by atoms with Gasteiger partial charge >= 0.3 is 0 Å². The second-order valence-corrected chi connectivity index (χ2v) is 7.45. The molecular weight excluding hydrogens is 358 g/mol. The average Bonchev–Trinajstić information content (AvgIpc) is 3.19. The Balaban J connectivity index is 1.82. The van der Waals surface area contributed by atoms with E-state index in [-0.39, 0.29) is 11.4 Å². The lowest BCUT2D eigenvalue weighted by Crippen LogP contribution is -2.35. The molecule has 0 saturated heterocycles. The number of hydrazone groups is 1. The summed E-state index contributed by atoms with van der Waals surface area (Å²) in [4.78, 5) is 16.5. The van der Waals surface area contributed by atoms with Crippen LogP contribution in [-0.4, -0.2) is 32.0 Å². The first-order chi connectivity index (χ1) is 12.9. The number of aryl methyl sites for hydroxylation is 2. The number of carbonyl (C=O) groups excluding carboxylic acids is 1. The van der Waals surface area contributed by atoms with Gasteiger partial charge in [-0.05, 0) is 74.4 Å². The van der Waals surface area contributed by atoms with Crippen molar-refractivity contribution < 1.29 is 4.79 Å². The summed E-state index contributed by atoms with van der Waals surface area (Å²) in [6.07, 6.45) is 1.74. The number of thioether (sulfide) groups is 1. The molecule has 1 amide bonds. The van der Waals surface area contributed by atoms with Crippen LogP contribution >= 0.6 is 11.8 Å². The highest BCUT2D eigenvalue weighted by molar-refractivity contribution is 8.25. The van der Waals surface area contributed by atoms with Crippen molar-refractivity contribution in [3.8, 4) is 5.69 Å². The number of aromatic nitrogens is 1. The van der Waals surface area contributed by atoms with E-state index in [1.165, 1.54) is 27.9 Å². The Morgan fingerprint density at radius 1 is 1.19 bits per heavy atom. The van der Waals surface area contributed by atoms with Gasteiger partial charge in [-0.15, -0.1) is 0 Å². The number of fused-ring (bicyclic) bond motifs is 1. The summed E-state index contributed by atoms with van der Waals surface area (Å²) in [6.45, 7) is 8.28. The molecule has 0 radical (unpaired) electrons. The Bertz CT molecular complexity index is 1090. The number of benzene rings is 1. The lowest BCUT2D eigenvalue weighted by atomic mass is 10.1. The third-order valence-electron chi connectivity index (χ3n) is 4.98. The van der Waals surface area contributed by atoms with Crippen molar-refractivity contribution >= 4 is 40.3 Å². The Labute approximate surface area is 161 Å². The fraction of sp³-hybridized carbons (Fsp3) is 0.200.